The molecule has 2 fully saturated rings. The van der Waals surface area contributed by atoms with Gasteiger partial charge in [0.15, 0.2) is 0 Å². The number of rotatable bonds is 2. The summed E-state index contributed by atoms with van der Waals surface area (Å²) in [6, 6.07) is 8.24. The van der Waals surface area contributed by atoms with E-state index in [9.17, 15) is 0 Å². The third-order valence-corrected chi connectivity index (χ3v) is 5.27. The number of benzene rings is 1. The first-order valence-corrected chi connectivity index (χ1v) is 7.87. The van der Waals surface area contributed by atoms with E-state index in [0.29, 0.717) is 12.1 Å². The van der Waals surface area contributed by atoms with Crippen molar-refractivity contribution in [3.8, 4) is 0 Å². The van der Waals surface area contributed by atoms with Crippen molar-refractivity contribution in [2.75, 3.05) is 43.5 Å². The molecule has 0 amide bonds. The van der Waals surface area contributed by atoms with Gasteiger partial charge in [0, 0.05) is 37.6 Å². The van der Waals surface area contributed by atoms with Gasteiger partial charge >= 0.3 is 0 Å². The summed E-state index contributed by atoms with van der Waals surface area (Å²) in [6.45, 7) is 12.1. The average Bonchev–Trinajstić information content (AvgIpc) is 2.52. The van der Waals surface area contributed by atoms with E-state index >= 15 is 0 Å². The van der Waals surface area contributed by atoms with E-state index in [0.717, 1.165) is 31.9 Å². The van der Waals surface area contributed by atoms with Crippen molar-refractivity contribution in [1.29, 1.82) is 0 Å². The summed E-state index contributed by atoms with van der Waals surface area (Å²) in [6.07, 6.45) is 5.09. The molecule has 1 aromatic rings. The fourth-order valence-electron chi connectivity index (χ4n) is 3.69. The largest absolute Gasteiger partial charge is 0.399 e. The first-order valence-electron chi connectivity index (χ1n) is 7.87. The molecule has 0 atom stereocenters. The van der Waals surface area contributed by atoms with Crippen LogP contribution in [0.4, 0.5) is 11.4 Å². The van der Waals surface area contributed by atoms with E-state index < -0.39 is 0 Å². The molecule has 1 spiro atoms. The molecule has 2 N–H and O–H groups in total. The Morgan fingerprint density at radius 2 is 1.57 bits per heavy atom. The number of hydrogen-bond donors (Lipinski definition) is 1. The molecule has 2 aliphatic rings. The second-order valence-corrected chi connectivity index (χ2v) is 6.50. The maximum absolute atomic E-state index is 6.98. The van der Waals surface area contributed by atoms with E-state index in [-0.39, 0.29) is 0 Å². The van der Waals surface area contributed by atoms with Crippen molar-refractivity contribution in [2.24, 2.45) is 5.41 Å². The average molecular weight is 284 g/mol. The first-order chi connectivity index (χ1) is 10.2. The van der Waals surface area contributed by atoms with Crippen molar-refractivity contribution >= 4 is 11.4 Å². The van der Waals surface area contributed by atoms with Gasteiger partial charge in [-0.05, 0) is 55.4 Å². The van der Waals surface area contributed by atoms with E-state index in [4.69, 9.17) is 12.3 Å². The molecule has 0 aliphatic carbocycles. The highest BCUT2D eigenvalue weighted by Crippen LogP contribution is 2.42. The third-order valence-electron chi connectivity index (χ3n) is 5.27. The molecule has 0 aromatic heterocycles. The molecule has 2 heterocycles. The molecular weight excluding hydrogens is 260 g/mol. The van der Waals surface area contributed by atoms with E-state index in [2.05, 4.69) is 26.8 Å². The van der Waals surface area contributed by atoms with Gasteiger partial charge < -0.3 is 10.6 Å². The highest BCUT2D eigenvalue weighted by Gasteiger charge is 2.37. The summed E-state index contributed by atoms with van der Waals surface area (Å²) in [4.78, 5) is 8.29. The van der Waals surface area contributed by atoms with Crippen LogP contribution in [0.5, 0.6) is 0 Å². The van der Waals surface area contributed by atoms with Gasteiger partial charge in [0.1, 0.15) is 0 Å². The highest BCUT2D eigenvalue weighted by molar-refractivity contribution is 5.53. The number of nitrogen functional groups attached to an aromatic ring is 1. The van der Waals surface area contributed by atoms with Crippen molar-refractivity contribution in [3.63, 3.8) is 0 Å². The molecule has 3 rings (SSSR count). The molecule has 4 heteroatoms. The lowest BCUT2D eigenvalue weighted by Gasteiger charge is -2.46. The van der Waals surface area contributed by atoms with Crippen molar-refractivity contribution in [3.05, 3.63) is 35.7 Å². The van der Waals surface area contributed by atoms with Crippen LogP contribution in [-0.2, 0) is 0 Å². The zero-order valence-electron chi connectivity index (χ0n) is 12.6. The fraction of sp³-hybridized carbons (Fsp3) is 0.588. The number of piperidine rings is 2. The van der Waals surface area contributed by atoms with Gasteiger partial charge in [0.2, 0.25) is 0 Å². The number of hydrogen-bond acceptors (Lipinski definition) is 3. The van der Waals surface area contributed by atoms with Gasteiger partial charge in [-0.2, -0.15) is 0 Å². The molecular formula is C17H24N4. The Morgan fingerprint density at radius 1 is 1.00 bits per heavy atom. The van der Waals surface area contributed by atoms with Gasteiger partial charge in [-0.15, -0.1) is 0 Å². The summed E-state index contributed by atoms with van der Waals surface area (Å²) in [5.74, 6) is 0. The van der Waals surface area contributed by atoms with Crippen molar-refractivity contribution in [2.45, 2.75) is 25.7 Å². The second-order valence-electron chi connectivity index (χ2n) is 6.50. The predicted octanol–water partition coefficient (Wildman–Crippen LogP) is 2.83. The van der Waals surface area contributed by atoms with Crippen LogP contribution < -0.4 is 10.6 Å². The Hall–Kier alpha value is -1.73. The number of likely N-dealkylation sites (tertiary alicyclic amines) is 1. The van der Waals surface area contributed by atoms with Gasteiger partial charge in [-0.1, -0.05) is 0 Å². The fourth-order valence-corrected chi connectivity index (χ4v) is 3.69. The number of anilines is 2. The van der Waals surface area contributed by atoms with Gasteiger partial charge in [0.25, 0.3) is 6.67 Å². The predicted molar refractivity (Wildman–Crippen MR) is 87.0 cm³/mol. The van der Waals surface area contributed by atoms with Crippen LogP contribution in [0.2, 0.25) is 0 Å². The normalized spacial score (nSPS) is 22.1. The second kappa shape index (κ2) is 5.95. The molecule has 2 aliphatic heterocycles. The van der Waals surface area contributed by atoms with Crippen LogP contribution in [-0.4, -0.2) is 37.7 Å². The lowest BCUT2D eigenvalue weighted by molar-refractivity contribution is 0.0863. The Morgan fingerprint density at radius 3 is 2.14 bits per heavy atom. The van der Waals surface area contributed by atoms with E-state index in [1.54, 1.807) is 0 Å². The zero-order chi connectivity index (χ0) is 14.7. The molecule has 0 bridgehead atoms. The molecule has 21 heavy (non-hydrogen) atoms. The zero-order valence-corrected chi connectivity index (χ0v) is 12.6. The smallest absolute Gasteiger partial charge is 0.270 e. The van der Waals surface area contributed by atoms with Crippen LogP contribution in [0.15, 0.2) is 24.3 Å². The molecule has 0 radical (unpaired) electrons. The van der Waals surface area contributed by atoms with Gasteiger partial charge in [0.05, 0.1) is 0 Å². The quantitative estimate of drug-likeness (QED) is 0.670. The van der Waals surface area contributed by atoms with Crippen molar-refractivity contribution < 1.29 is 0 Å². The number of nitrogens with zero attached hydrogens (tertiary/aromatic N) is 3. The summed E-state index contributed by atoms with van der Waals surface area (Å²) in [7, 11) is 0. The maximum Gasteiger partial charge on any atom is 0.270 e. The van der Waals surface area contributed by atoms with Crippen LogP contribution in [0.25, 0.3) is 4.85 Å². The minimum Gasteiger partial charge on any atom is -0.399 e. The Labute approximate surface area is 127 Å². The summed E-state index contributed by atoms with van der Waals surface area (Å²) in [5, 5.41) is 0. The Bertz CT molecular complexity index is 499. The Kier molecular flexibility index (Phi) is 4.03. The van der Waals surface area contributed by atoms with Gasteiger partial charge in [-0.3, -0.25) is 4.85 Å². The molecule has 2 saturated heterocycles. The SMILES string of the molecule is [C-]#[N+]CN1CCC2(CC1)CCN(c1ccc(N)cc1)CC2. The molecule has 0 saturated carbocycles. The minimum atomic E-state index is 0.531. The van der Waals surface area contributed by atoms with Crippen LogP contribution in [0, 0.1) is 12.0 Å². The highest BCUT2D eigenvalue weighted by atomic mass is 15.2. The lowest BCUT2D eigenvalue weighted by atomic mass is 9.71. The number of nitrogens with two attached hydrogens (primary N) is 1. The monoisotopic (exact) mass is 284 g/mol. The van der Waals surface area contributed by atoms with Crippen LogP contribution >= 0.6 is 0 Å². The van der Waals surface area contributed by atoms with Crippen LogP contribution in [0.1, 0.15) is 25.7 Å². The van der Waals surface area contributed by atoms with Crippen LogP contribution in [0.3, 0.4) is 0 Å². The van der Waals surface area contributed by atoms with Crippen molar-refractivity contribution in [1.82, 2.24) is 4.90 Å². The maximum atomic E-state index is 6.98. The summed E-state index contributed by atoms with van der Waals surface area (Å²) >= 11 is 0. The van der Waals surface area contributed by atoms with E-state index in [1.807, 2.05) is 12.1 Å². The standard InChI is InChI=1S/C17H24N4/c1-19-14-20-10-6-17(7-11-20)8-12-21(13-9-17)16-4-2-15(18)3-5-16/h2-5H,6-14,18H2. The Balaban J connectivity index is 1.56. The molecule has 1 aromatic carbocycles. The lowest BCUT2D eigenvalue weighted by Crippen LogP contribution is -2.46. The summed E-state index contributed by atoms with van der Waals surface area (Å²) < 4.78 is 0. The first kappa shape index (κ1) is 14.2. The van der Waals surface area contributed by atoms with E-state index in [1.165, 1.54) is 31.4 Å². The topological polar surface area (TPSA) is 36.9 Å². The summed E-state index contributed by atoms with van der Waals surface area (Å²) in [5.41, 5.74) is 8.42. The van der Waals surface area contributed by atoms with Gasteiger partial charge in [-0.25, -0.2) is 11.5 Å². The molecule has 112 valence electrons. The molecule has 0 unspecified atom stereocenters. The third kappa shape index (κ3) is 3.14. The molecule has 4 nitrogen and oxygen atoms in total. The minimum absolute atomic E-state index is 0.531.